The molecule has 16 heavy (non-hydrogen) atoms. The van der Waals surface area contributed by atoms with E-state index in [1.165, 1.54) is 5.56 Å². The molecule has 0 amide bonds. The van der Waals surface area contributed by atoms with E-state index in [1.807, 2.05) is 18.2 Å². The van der Waals surface area contributed by atoms with Crippen LogP contribution in [0.1, 0.15) is 24.2 Å². The third-order valence-electron chi connectivity index (χ3n) is 2.24. The van der Waals surface area contributed by atoms with Crippen LogP contribution in [0.2, 0.25) is 0 Å². The molecule has 1 aromatic heterocycles. The van der Waals surface area contributed by atoms with E-state index in [4.69, 9.17) is 9.26 Å². The molecule has 1 aromatic carbocycles. The first kappa shape index (κ1) is 10.7. The summed E-state index contributed by atoms with van der Waals surface area (Å²) >= 11 is 0. The normalized spacial score (nSPS) is 10.4. The Kier molecular flexibility index (Phi) is 3.19. The van der Waals surface area contributed by atoms with Crippen LogP contribution in [0.3, 0.4) is 0 Å². The van der Waals surface area contributed by atoms with Crippen LogP contribution < -0.4 is 4.74 Å². The van der Waals surface area contributed by atoms with Crippen LogP contribution in [0.5, 0.6) is 5.75 Å². The molecule has 0 bridgehead atoms. The Morgan fingerprint density at radius 2 is 2.25 bits per heavy atom. The molecule has 0 spiro atoms. The summed E-state index contributed by atoms with van der Waals surface area (Å²) in [5.74, 6) is 1.95. The molecule has 0 aliphatic rings. The highest BCUT2D eigenvalue weighted by Crippen LogP contribution is 2.15. The first-order valence-electron chi connectivity index (χ1n) is 5.29. The molecular formula is C12H14N2O2. The van der Waals surface area contributed by atoms with Crippen molar-refractivity contribution in [3.05, 3.63) is 41.5 Å². The molecule has 0 atom stereocenters. The maximum Gasteiger partial charge on any atom is 0.264 e. The number of ether oxygens (including phenoxy) is 1. The topological polar surface area (TPSA) is 48.2 Å². The summed E-state index contributed by atoms with van der Waals surface area (Å²) in [4.78, 5) is 4.07. The van der Waals surface area contributed by atoms with Gasteiger partial charge in [-0.25, -0.2) is 0 Å². The Labute approximate surface area is 94.2 Å². The molecular weight excluding hydrogens is 204 g/mol. The minimum absolute atomic E-state index is 0.313. The van der Waals surface area contributed by atoms with Crippen molar-refractivity contribution in [2.75, 3.05) is 0 Å². The first-order chi connectivity index (χ1) is 7.78. The third-order valence-corrected chi connectivity index (χ3v) is 2.24. The summed E-state index contributed by atoms with van der Waals surface area (Å²) < 4.78 is 10.5. The highest BCUT2D eigenvalue weighted by Gasteiger charge is 2.03. The van der Waals surface area contributed by atoms with Crippen molar-refractivity contribution < 1.29 is 9.26 Å². The standard InChI is InChI=1S/C12H14N2O2/c1-3-10-5-4-6-11(7-10)15-8-12-13-9(2)14-16-12/h4-7H,3,8H2,1-2H3. The van der Waals surface area contributed by atoms with Gasteiger partial charge in [0, 0.05) is 0 Å². The number of hydrogen-bond acceptors (Lipinski definition) is 4. The molecule has 0 saturated carbocycles. The molecule has 4 nitrogen and oxygen atoms in total. The van der Waals surface area contributed by atoms with Crippen LogP contribution in [0.15, 0.2) is 28.8 Å². The minimum Gasteiger partial charge on any atom is -0.484 e. The average Bonchev–Trinajstić information content (AvgIpc) is 2.73. The molecule has 84 valence electrons. The van der Waals surface area contributed by atoms with Gasteiger partial charge in [-0.2, -0.15) is 4.98 Å². The summed E-state index contributed by atoms with van der Waals surface area (Å²) in [6, 6.07) is 7.99. The zero-order chi connectivity index (χ0) is 11.4. The molecule has 0 unspecified atom stereocenters. The Morgan fingerprint density at radius 3 is 2.94 bits per heavy atom. The second-order valence-corrected chi connectivity index (χ2v) is 3.52. The van der Waals surface area contributed by atoms with E-state index in [0.29, 0.717) is 18.3 Å². The average molecular weight is 218 g/mol. The van der Waals surface area contributed by atoms with E-state index in [9.17, 15) is 0 Å². The molecule has 2 aromatic rings. The van der Waals surface area contributed by atoms with Crippen molar-refractivity contribution in [3.63, 3.8) is 0 Å². The zero-order valence-electron chi connectivity index (χ0n) is 9.43. The number of nitrogens with zero attached hydrogens (tertiary/aromatic N) is 2. The molecule has 0 saturated heterocycles. The predicted octanol–water partition coefficient (Wildman–Crippen LogP) is 2.52. The smallest absolute Gasteiger partial charge is 0.264 e. The van der Waals surface area contributed by atoms with Gasteiger partial charge in [0.05, 0.1) is 0 Å². The molecule has 2 rings (SSSR count). The van der Waals surface area contributed by atoms with Gasteiger partial charge in [-0.15, -0.1) is 0 Å². The van der Waals surface area contributed by atoms with E-state index < -0.39 is 0 Å². The lowest BCUT2D eigenvalue weighted by Gasteiger charge is -2.04. The number of rotatable bonds is 4. The maximum absolute atomic E-state index is 5.55. The van der Waals surface area contributed by atoms with Crippen molar-refractivity contribution in [2.45, 2.75) is 26.9 Å². The number of aromatic nitrogens is 2. The van der Waals surface area contributed by atoms with Gasteiger partial charge in [0.1, 0.15) is 5.75 Å². The lowest BCUT2D eigenvalue weighted by molar-refractivity contribution is 0.242. The van der Waals surface area contributed by atoms with Gasteiger partial charge in [-0.3, -0.25) is 0 Å². The van der Waals surface area contributed by atoms with E-state index in [1.54, 1.807) is 6.92 Å². The van der Waals surface area contributed by atoms with E-state index >= 15 is 0 Å². The fraction of sp³-hybridized carbons (Fsp3) is 0.333. The molecule has 4 heteroatoms. The van der Waals surface area contributed by atoms with E-state index in [0.717, 1.165) is 12.2 Å². The van der Waals surface area contributed by atoms with Gasteiger partial charge >= 0.3 is 0 Å². The van der Waals surface area contributed by atoms with Crippen LogP contribution in [0.25, 0.3) is 0 Å². The summed E-state index contributed by atoms with van der Waals surface area (Å²) in [6.07, 6.45) is 0.997. The molecule has 0 radical (unpaired) electrons. The Balaban J connectivity index is 1.99. The van der Waals surface area contributed by atoms with Crippen LogP contribution in [0, 0.1) is 6.92 Å². The Bertz CT molecular complexity index is 466. The fourth-order valence-electron chi connectivity index (χ4n) is 1.40. The monoisotopic (exact) mass is 218 g/mol. The summed E-state index contributed by atoms with van der Waals surface area (Å²) in [5, 5.41) is 3.70. The van der Waals surface area contributed by atoms with Crippen LogP contribution in [-0.4, -0.2) is 10.1 Å². The summed E-state index contributed by atoms with van der Waals surface area (Å²) in [7, 11) is 0. The number of hydrogen-bond donors (Lipinski definition) is 0. The highest BCUT2D eigenvalue weighted by molar-refractivity contribution is 5.28. The Hall–Kier alpha value is -1.84. The minimum atomic E-state index is 0.313. The van der Waals surface area contributed by atoms with Gasteiger partial charge in [0.2, 0.25) is 0 Å². The third kappa shape index (κ3) is 2.59. The van der Waals surface area contributed by atoms with Gasteiger partial charge in [-0.05, 0) is 31.0 Å². The molecule has 0 N–H and O–H groups in total. The molecule has 0 fully saturated rings. The van der Waals surface area contributed by atoms with Crippen LogP contribution in [-0.2, 0) is 13.0 Å². The van der Waals surface area contributed by atoms with Gasteiger partial charge in [0.25, 0.3) is 5.89 Å². The van der Waals surface area contributed by atoms with Crippen molar-refractivity contribution in [1.82, 2.24) is 10.1 Å². The van der Waals surface area contributed by atoms with Gasteiger partial charge in [0.15, 0.2) is 12.4 Å². The molecule has 0 aliphatic carbocycles. The quantitative estimate of drug-likeness (QED) is 0.791. The number of aryl methyl sites for hydroxylation is 2. The summed E-state index contributed by atoms with van der Waals surface area (Å²) in [5.41, 5.74) is 1.25. The maximum atomic E-state index is 5.55. The van der Waals surface area contributed by atoms with E-state index in [2.05, 4.69) is 23.1 Å². The lowest BCUT2D eigenvalue weighted by atomic mass is 10.2. The highest BCUT2D eigenvalue weighted by atomic mass is 16.5. The van der Waals surface area contributed by atoms with Crippen molar-refractivity contribution >= 4 is 0 Å². The van der Waals surface area contributed by atoms with Crippen molar-refractivity contribution in [3.8, 4) is 5.75 Å². The Morgan fingerprint density at radius 1 is 1.38 bits per heavy atom. The van der Waals surface area contributed by atoms with Crippen LogP contribution >= 0.6 is 0 Å². The van der Waals surface area contributed by atoms with Crippen molar-refractivity contribution in [1.29, 1.82) is 0 Å². The fourth-order valence-corrected chi connectivity index (χ4v) is 1.40. The SMILES string of the molecule is CCc1cccc(OCc2nc(C)no2)c1. The zero-order valence-corrected chi connectivity index (χ0v) is 9.43. The largest absolute Gasteiger partial charge is 0.484 e. The van der Waals surface area contributed by atoms with Crippen LogP contribution in [0.4, 0.5) is 0 Å². The van der Waals surface area contributed by atoms with Gasteiger partial charge < -0.3 is 9.26 Å². The second kappa shape index (κ2) is 4.79. The van der Waals surface area contributed by atoms with Gasteiger partial charge in [-0.1, -0.05) is 24.2 Å². The molecule has 0 aliphatic heterocycles. The summed E-state index contributed by atoms with van der Waals surface area (Å²) in [6.45, 7) is 4.21. The number of benzene rings is 1. The van der Waals surface area contributed by atoms with E-state index in [-0.39, 0.29) is 0 Å². The van der Waals surface area contributed by atoms with Crippen molar-refractivity contribution in [2.24, 2.45) is 0 Å². The lowest BCUT2D eigenvalue weighted by Crippen LogP contribution is -1.96. The predicted molar refractivity (Wildman–Crippen MR) is 59.2 cm³/mol. The first-order valence-corrected chi connectivity index (χ1v) is 5.29. The molecule has 1 heterocycles. The second-order valence-electron chi connectivity index (χ2n) is 3.52.